The van der Waals surface area contributed by atoms with Gasteiger partial charge in [-0.1, -0.05) is 6.07 Å². The van der Waals surface area contributed by atoms with Crippen molar-refractivity contribution < 1.29 is 4.84 Å². The molecule has 0 unspecified atom stereocenters. The van der Waals surface area contributed by atoms with E-state index in [0.717, 1.165) is 31.7 Å². The molecule has 1 aliphatic rings. The number of aromatic nitrogens is 1. The Balaban J connectivity index is 1.88. The average molecular weight is 207 g/mol. The number of pyridine rings is 1. The van der Waals surface area contributed by atoms with E-state index in [4.69, 9.17) is 4.84 Å². The van der Waals surface area contributed by atoms with Gasteiger partial charge < -0.3 is 9.74 Å². The Morgan fingerprint density at radius 3 is 2.80 bits per heavy atom. The van der Waals surface area contributed by atoms with Gasteiger partial charge in [-0.2, -0.15) is 5.48 Å². The molecule has 0 radical (unpaired) electrons. The van der Waals surface area contributed by atoms with E-state index in [9.17, 15) is 0 Å². The van der Waals surface area contributed by atoms with E-state index in [1.165, 1.54) is 0 Å². The van der Waals surface area contributed by atoms with E-state index >= 15 is 0 Å². The van der Waals surface area contributed by atoms with Crippen LogP contribution in [0.2, 0.25) is 0 Å². The third-order valence-electron chi connectivity index (χ3n) is 2.75. The predicted octanol–water partition coefficient (Wildman–Crippen LogP) is 1.20. The van der Waals surface area contributed by atoms with Gasteiger partial charge in [-0.3, -0.25) is 0 Å². The molecule has 0 atom stereocenters. The van der Waals surface area contributed by atoms with Gasteiger partial charge in [-0.15, -0.1) is 0 Å². The molecule has 0 aromatic carbocycles. The second-order valence-corrected chi connectivity index (χ2v) is 3.77. The number of hydroxylamine groups is 1. The van der Waals surface area contributed by atoms with Gasteiger partial charge in [-0.05, 0) is 25.0 Å². The highest BCUT2D eigenvalue weighted by Crippen LogP contribution is 2.16. The average Bonchev–Trinajstić information content (AvgIpc) is 2.32. The third kappa shape index (κ3) is 2.67. The molecule has 15 heavy (non-hydrogen) atoms. The lowest BCUT2D eigenvalue weighted by Crippen LogP contribution is -2.42. The second-order valence-electron chi connectivity index (χ2n) is 3.77. The Kier molecular flexibility index (Phi) is 3.53. The molecule has 2 rings (SSSR count). The van der Waals surface area contributed by atoms with Gasteiger partial charge in [0.2, 0.25) is 0 Å². The first-order valence-electron chi connectivity index (χ1n) is 5.34. The van der Waals surface area contributed by atoms with Gasteiger partial charge in [0.05, 0.1) is 7.11 Å². The Morgan fingerprint density at radius 1 is 1.40 bits per heavy atom. The van der Waals surface area contributed by atoms with E-state index in [2.05, 4.69) is 21.4 Å². The fourth-order valence-corrected chi connectivity index (χ4v) is 1.93. The molecular weight excluding hydrogens is 190 g/mol. The Bertz CT molecular complexity index is 283. The molecule has 2 heterocycles. The van der Waals surface area contributed by atoms with Crippen molar-refractivity contribution in [2.45, 2.75) is 18.9 Å². The van der Waals surface area contributed by atoms with Gasteiger partial charge >= 0.3 is 0 Å². The summed E-state index contributed by atoms with van der Waals surface area (Å²) in [6.07, 6.45) is 4.05. The van der Waals surface area contributed by atoms with Crippen LogP contribution >= 0.6 is 0 Å². The number of piperidine rings is 1. The molecule has 0 bridgehead atoms. The van der Waals surface area contributed by atoms with E-state index in [1.807, 2.05) is 18.3 Å². The molecule has 1 saturated heterocycles. The number of hydrogen-bond acceptors (Lipinski definition) is 4. The number of rotatable bonds is 3. The molecule has 1 N–H and O–H groups in total. The summed E-state index contributed by atoms with van der Waals surface area (Å²) in [7, 11) is 1.67. The molecule has 82 valence electrons. The molecule has 0 spiro atoms. The molecule has 1 aromatic heterocycles. The molecule has 4 heteroatoms. The normalized spacial score (nSPS) is 18.1. The van der Waals surface area contributed by atoms with Gasteiger partial charge in [-0.25, -0.2) is 4.98 Å². The Morgan fingerprint density at radius 2 is 2.20 bits per heavy atom. The van der Waals surface area contributed by atoms with Crippen LogP contribution < -0.4 is 10.4 Å². The number of anilines is 1. The minimum absolute atomic E-state index is 0.481. The number of nitrogens with one attached hydrogen (secondary N) is 1. The van der Waals surface area contributed by atoms with E-state index in [1.54, 1.807) is 7.11 Å². The zero-order valence-corrected chi connectivity index (χ0v) is 9.02. The van der Waals surface area contributed by atoms with Gasteiger partial charge in [0.15, 0.2) is 0 Å². The van der Waals surface area contributed by atoms with Crippen molar-refractivity contribution in [1.82, 2.24) is 10.5 Å². The topological polar surface area (TPSA) is 37.4 Å². The smallest absolute Gasteiger partial charge is 0.128 e. The lowest BCUT2D eigenvalue weighted by atomic mass is 10.1. The van der Waals surface area contributed by atoms with Crippen molar-refractivity contribution in [1.29, 1.82) is 0 Å². The number of nitrogens with zero attached hydrogens (tertiary/aromatic N) is 2. The SMILES string of the molecule is CONC1CCN(c2ccccn2)CC1. The summed E-state index contributed by atoms with van der Waals surface area (Å²) >= 11 is 0. The number of hydrogen-bond donors (Lipinski definition) is 1. The summed E-state index contributed by atoms with van der Waals surface area (Å²) in [5.74, 6) is 1.08. The van der Waals surface area contributed by atoms with Gasteiger partial charge in [0, 0.05) is 25.3 Å². The minimum Gasteiger partial charge on any atom is -0.357 e. The van der Waals surface area contributed by atoms with Crippen molar-refractivity contribution in [3.05, 3.63) is 24.4 Å². The van der Waals surface area contributed by atoms with Crippen molar-refractivity contribution in [2.24, 2.45) is 0 Å². The minimum atomic E-state index is 0.481. The molecule has 1 fully saturated rings. The van der Waals surface area contributed by atoms with E-state index in [0.29, 0.717) is 6.04 Å². The quantitative estimate of drug-likeness (QED) is 0.756. The largest absolute Gasteiger partial charge is 0.357 e. The second kappa shape index (κ2) is 5.09. The highest BCUT2D eigenvalue weighted by atomic mass is 16.6. The zero-order chi connectivity index (χ0) is 10.5. The van der Waals surface area contributed by atoms with E-state index in [-0.39, 0.29) is 0 Å². The maximum absolute atomic E-state index is 4.94. The molecule has 0 aliphatic carbocycles. The van der Waals surface area contributed by atoms with Crippen LogP contribution in [0.1, 0.15) is 12.8 Å². The summed E-state index contributed by atoms with van der Waals surface area (Å²) < 4.78 is 0. The van der Waals surface area contributed by atoms with Crippen LogP contribution in [0.15, 0.2) is 24.4 Å². The van der Waals surface area contributed by atoms with Crippen LogP contribution in [-0.4, -0.2) is 31.2 Å². The summed E-state index contributed by atoms with van der Waals surface area (Å²) in [5.41, 5.74) is 3.01. The summed E-state index contributed by atoms with van der Waals surface area (Å²) in [6, 6.07) is 6.52. The fraction of sp³-hybridized carbons (Fsp3) is 0.545. The van der Waals surface area contributed by atoms with Gasteiger partial charge in [0.25, 0.3) is 0 Å². The highest BCUT2D eigenvalue weighted by molar-refractivity contribution is 5.38. The fourth-order valence-electron chi connectivity index (χ4n) is 1.93. The predicted molar refractivity (Wildman–Crippen MR) is 59.6 cm³/mol. The van der Waals surface area contributed by atoms with E-state index < -0.39 is 0 Å². The van der Waals surface area contributed by atoms with Crippen LogP contribution in [0.5, 0.6) is 0 Å². The first-order chi connectivity index (χ1) is 7.40. The maximum atomic E-state index is 4.94. The first-order valence-corrected chi connectivity index (χ1v) is 5.34. The van der Waals surface area contributed by atoms with Crippen molar-refractivity contribution >= 4 is 5.82 Å². The van der Waals surface area contributed by atoms with Crippen LogP contribution in [0.25, 0.3) is 0 Å². The Labute approximate surface area is 90.2 Å². The summed E-state index contributed by atoms with van der Waals surface area (Å²) in [6.45, 7) is 2.08. The monoisotopic (exact) mass is 207 g/mol. The molecule has 1 aliphatic heterocycles. The molecule has 0 saturated carbocycles. The van der Waals surface area contributed by atoms with Crippen LogP contribution in [-0.2, 0) is 4.84 Å². The maximum Gasteiger partial charge on any atom is 0.128 e. The van der Waals surface area contributed by atoms with Crippen molar-refractivity contribution in [2.75, 3.05) is 25.1 Å². The lowest BCUT2D eigenvalue weighted by Gasteiger charge is -2.32. The Hall–Kier alpha value is -1.13. The molecule has 4 nitrogen and oxygen atoms in total. The summed E-state index contributed by atoms with van der Waals surface area (Å²) in [5, 5.41) is 0. The van der Waals surface area contributed by atoms with Crippen molar-refractivity contribution in [3.63, 3.8) is 0 Å². The lowest BCUT2D eigenvalue weighted by molar-refractivity contribution is 0.0531. The summed E-state index contributed by atoms with van der Waals surface area (Å²) in [4.78, 5) is 11.6. The molecular formula is C11H17N3O. The standard InChI is InChI=1S/C11H17N3O/c1-15-13-10-5-8-14(9-6-10)11-4-2-3-7-12-11/h2-4,7,10,13H,5-6,8-9H2,1H3. The third-order valence-corrected chi connectivity index (χ3v) is 2.75. The van der Waals surface area contributed by atoms with Crippen LogP contribution in [0.4, 0.5) is 5.82 Å². The van der Waals surface area contributed by atoms with Crippen molar-refractivity contribution in [3.8, 4) is 0 Å². The molecule has 1 aromatic rings. The first kappa shape index (κ1) is 10.4. The zero-order valence-electron chi connectivity index (χ0n) is 9.02. The van der Waals surface area contributed by atoms with Crippen LogP contribution in [0, 0.1) is 0 Å². The molecule has 0 amide bonds. The van der Waals surface area contributed by atoms with Gasteiger partial charge in [0.1, 0.15) is 5.82 Å². The highest BCUT2D eigenvalue weighted by Gasteiger charge is 2.19. The van der Waals surface area contributed by atoms with Crippen LogP contribution in [0.3, 0.4) is 0 Å².